The molecule has 0 aliphatic carbocycles. The molecule has 1 N–H and O–H groups in total. The molecule has 1 saturated heterocycles. The number of pyridine rings is 1. The van der Waals surface area contributed by atoms with Crippen molar-refractivity contribution >= 4 is 5.69 Å². The third-order valence-electron chi connectivity index (χ3n) is 4.17. The molecule has 0 aromatic carbocycles. The van der Waals surface area contributed by atoms with Gasteiger partial charge in [0, 0.05) is 38.8 Å². The minimum Gasteiger partial charge on any atom is -0.382 e. The number of nitrogens with zero attached hydrogens (tertiary/aromatic N) is 4. The van der Waals surface area contributed by atoms with Crippen molar-refractivity contribution in [1.29, 1.82) is 5.26 Å². The van der Waals surface area contributed by atoms with E-state index in [0.29, 0.717) is 17.7 Å². The third-order valence-corrected chi connectivity index (χ3v) is 4.17. The van der Waals surface area contributed by atoms with Crippen LogP contribution >= 0.6 is 0 Å². The first kappa shape index (κ1) is 15.7. The largest absolute Gasteiger partial charge is 0.382 e. The molecule has 1 aromatic rings. The van der Waals surface area contributed by atoms with Crippen molar-refractivity contribution in [2.45, 2.75) is 19.9 Å². The first-order chi connectivity index (χ1) is 10.1. The lowest BCUT2D eigenvalue weighted by atomic mass is 10.0. The summed E-state index contributed by atoms with van der Waals surface area (Å²) in [5.74, 6) is 0.604. The van der Waals surface area contributed by atoms with Gasteiger partial charge >= 0.3 is 0 Å². The Hall–Kier alpha value is -1.64. The Labute approximate surface area is 127 Å². The van der Waals surface area contributed by atoms with Crippen LogP contribution in [0.1, 0.15) is 19.5 Å². The standard InChI is InChI=1S/C16H25N5/c1-13(2)16(21-8-6-20(3)7-9-21)12-19-15-5-4-14(10-17)18-11-15/h4-5,11,13,16,19H,6-9,12H2,1-3H3. The van der Waals surface area contributed by atoms with E-state index in [4.69, 9.17) is 5.26 Å². The number of piperazine rings is 1. The Morgan fingerprint density at radius 1 is 1.29 bits per heavy atom. The number of anilines is 1. The Morgan fingerprint density at radius 3 is 2.52 bits per heavy atom. The summed E-state index contributed by atoms with van der Waals surface area (Å²) in [5.41, 5.74) is 1.44. The normalized spacial score (nSPS) is 18.4. The second-order valence-electron chi connectivity index (χ2n) is 6.08. The number of aromatic nitrogens is 1. The van der Waals surface area contributed by atoms with Crippen molar-refractivity contribution in [2.75, 3.05) is 45.1 Å². The van der Waals surface area contributed by atoms with Gasteiger partial charge in [-0.25, -0.2) is 4.98 Å². The lowest BCUT2D eigenvalue weighted by molar-refractivity contribution is 0.0944. The van der Waals surface area contributed by atoms with Crippen molar-refractivity contribution in [3.63, 3.8) is 0 Å². The van der Waals surface area contributed by atoms with Crippen molar-refractivity contribution < 1.29 is 0 Å². The van der Waals surface area contributed by atoms with Gasteiger partial charge in [-0.05, 0) is 25.1 Å². The predicted octanol–water partition coefficient (Wildman–Crippen LogP) is 1.64. The maximum Gasteiger partial charge on any atom is 0.140 e. The second kappa shape index (κ2) is 7.39. The van der Waals surface area contributed by atoms with E-state index in [1.165, 1.54) is 0 Å². The van der Waals surface area contributed by atoms with E-state index in [0.717, 1.165) is 38.4 Å². The van der Waals surface area contributed by atoms with Gasteiger partial charge in [-0.1, -0.05) is 13.8 Å². The van der Waals surface area contributed by atoms with E-state index in [1.807, 2.05) is 12.1 Å². The molecule has 114 valence electrons. The Kier molecular flexibility index (Phi) is 5.54. The first-order valence-electron chi connectivity index (χ1n) is 7.62. The predicted molar refractivity (Wildman–Crippen MR) is 85.1 cm³/mol. The van der Waals surface area contributed by atoms with Gasteiger partial charge in [0.15, 0.2) is 0 Å². The molecule has 0 saturated carbocycles. The Balaban J connectivity index is 1.92. The molecule has 1 fully saturated rings. The number of hydrogen-bond acceptors (Lipinski definition) is 5. The summed E-state index contributed by atoms with van der Waals surface area (Å²) in [5, 5.41) is 12.2. The number of nitriles is 1. The zero-order chi connectivity index (χ0) is 15.2. The molecule has 2 heterocycles. The Bertz CT molecular complexity index is 468. The highest BCUT2D eigenvalue weighted by Crippen LogP contribution is 2.15. The zero-order valence-electron chi connectivity index (χ0n) is 13.2. The third kappa shape index (κ3) is 4.42. The highest BCUT2D eigenvalue weighted by Gasteiger charge is 2.24. The summed E-state index contributed by atoms with van der Waals surface area (Å²) in [7, 11) is 2.18. The van der Waals surface area contributed by atoms with Crippen LogP contribution in [0.5, 0.6) is 0 Å². The molecule has 0 spiro atoms. The summed E-state index contributed by atoms with van der Waals surface area (Å²) in [6.07, 6.45) is 1.74. The highest BCUT2D eigenvalue weighted by atomic mass is 15.3. The molecule has 2 rings (SSSR count). The molecule has 0 amide bonds. The topological polar surface area (TPSA) is 55.2 Å². The van der Waals surface area contributed by atoms with Crippen molar-refractivity contribution in [1.82, 2.24) is 14.8 Å². The minimum atomic E-state index is 0.458. The summed E-state index contributed by atoms with van der Waals surface area (Å²) in [4.78, 5) is 9.06. The van der Waals surface area contributed by atoms with Crippen LogP contribution in [0, 0.1) is 17.2 Å². The quantitative estimate of drug-likeness (QED) is 0.892. The fourth-order valence-electron chi connectivity index (χ4n) is 2.73. The van der Waals surface area contributed by atoms with Crippen molar-refractivity contribution in [2.24, 2.45) is 5.92 Å². The molecule has 1 aromatic heterocycles. The lowest BCUT2D eigenvalue weighted by Gasteiger charge is -2.40. The SMILES string of the molecule is CC(C)C(CNc1ccc(C#N)nc1)N1CCN(C)CC1. The summed E-state index contributed by atoms with van der Waals surface area (Å²) >= 11 is 0. The molecule has 0 radical (unpaired) electrons. The van der Waals surface area contributed by atoms with Gasteiger partial charge in [0.1, 0.15) is 11.8 Å². The van der Waals surface area contributed by atoms with E-state index in [2.05, 4.69) is 41.0 Å². The van der Waals surface area contributed by atoms with Gasteiger partial charge in [0.25, 0.3) is 0 Å². The molecular weight excluding hydrogens is 262 g/mol. The van der Waals surface area contributed by atoms with E-state index in [1.54, 1.807) is 12.3 Å². The molecule has 1 unspecified atom stereocenters. The van der Waals surface area contributed by atoms with E-state index >= 15 is 0 Å². The van der Waals surface area contributed by atoms with Crippen LogP contribution in [0.15, 0.2) is 18.3 Å². The number of hydrogen-bond donors (Lipinski definition) is 1. The first-order valence-corrected chi connectivity index (χ1v) is 7.62. The average Bonchev–Trinajstić information content (AvgIpc) is 2.49. The van der Waals surface area contributed by atoms with Crippen LogP contribution in [0.2, 0.25) is 0 Å². The van der Waals surface area contributed by atoms with Crippen LogP contribution in [-0.2, 0) is 0 Å². The number of nitrogens with one attached hydrogen (secondary N) is 1. The van der Waals surface area contributed by atoms with Gasteiger partial charge in [0.05, 0.1) is 11.9 Å². The van der Waals surface area contributed by atoms with Gasteiger partial charge in [0.2, 0.25) is 0 Å². The monoisotopic (exact) mass is 287 g/mol. The van der Waals surface area contributed by atoms with E-state index in [-0.39, 0.29) is 0 Å². The molecular formula is C16H25N5. The molecule has 5 heteroatoms. The highest BCUT2D eigenvalue weighted by molar-refractivity contribution is 5.42. The maximum atomic E-state index is 8.77. The van der Waals surface area contributed by atoms with Crippen LogP contribution < -0.4 is 5.32 Å². The van der Waals surface area contributed by atoms with E-state index < -0.39 is 0 Å². The molecule has 21 heavy (non-hydrogen) atoms. The van der Waals surface area contributed by atoms with Crippen molar-refractivity contribution in [3.8, 4) is 6.07 Å². The van der Waals surface area contributed by atoms with Crippen LogP contribution in [0.4, 0.5) is 5.69 Å². The molecule has 1 aliphatic heterocycles. The van der Waals surface area contributed by atoms with Gasteiger partial charge in [-0.3, -0.25) is 4.90 Å². The van der Waals surface area contributed by atoms with Gasteiger partial charge in [-0.2, -0.15) is 5.26 Å². The zero-order valence-corrected chi connectivity index (χ0v) is 13.2. The van der Waals surface area contributed by atoms with Crippen LogP contribution in [0.3, 0.4) is 0 Å². The molecule has 1 atom stereocenters. The average molecular weight is 287 g/mol. The lowest BCUT2D eigenvalue weighted by Crippen LogP contribution is -2.52. The fraction of sp³-hybridized carbons (Fsp3) is 0.625. The summed E-state index contributed by atoms with van der Waals surface area (Å²) in [6.45, 7) is 10.0. The minimum absolute atomic E-state index is 0.458. The van der Waals surface area contributed by atoms with Crippen LogP contribution in [0.25, 0.3) is 0 Å². The van der Waals surface area contributed by atoms with Gasteiger partial charge in [-0.15, -0.1) is 0 Å². The van der Waals surface area contributed by atoms with E-state index in [9.17, 15) is 0 Å². The number of rotatable bonds is 5. The molecule has 1 aliphatic rings. The molecule has 0 bridgehead atoms. The molecule has 5 nitrogen and oxygen atoms in total. The summed E-state index contributed by atoms with van der Waals surface area (Å²) in [6, 6.07) is 6.24. The number of likely N-dealkylation sites (N-methyl/N-ethyl adjacent to an activating group) is 1. The van der Waals surface area contributed by atoms with Crippen molar-refractivity contribution in [3.05, 3.63) is 24.0 Å². The summed E-state index contributed by atoms with van der Waals surface area (Å²) < 4.78 is 0. The Morgan fingerprint density at radius 2 is 2.00 bits per heavy atom. The fourth-order valence-corrected chi connectivity index (χ4v) is 2.73. The maximum absolute atomic E-state index is 8.77. The van der Waals surface area contributed by atoms with Gasteiger partial charge < -0.3 is 10.2 Å². The smallest absolute Gasteiger partial charge is 0.140 e. The second-order valence-corrected chi connectivity index (χ2v) is 6.08. The van der Waals surface area contributed by atoms with Crippen LogP contribution in [-0.4, -0.2) is 60.6 Å².